The lowest BCUT2D eigenvalue weighted by Gasteiger charge is -2.04. The number of pyridine rings is 1. The summed E-state index contributed by atoms with van der Waals surface area (Å²) in [7, 11) is 1.52. The van der Waals surface area contributed by atoms with E-state index in [9.17, 15) is 4.79 Å². The molecule has 6 nitrogen and oxygen atoms in total. The number of carbonyl (C=O) groups excluding carboxylic acids is 1. The molecule has 24 heavy (non-hydrogen) atoms. The van der Waals surface area contributed by atoms with Crippen LogP contribution in [0, 0.1) is 0 Å². The molecule has 0 fully saturated rings. The largest absolute Gasteiger partial charge is 0.495 e. The van der Waals surface area contributed by atoms with Crippen molar-refractivity contribution in [3.63, 3.8) is 0 Å². The number of ether oxygens (including phenoxy) is 1. The van der Waals surface area contributed by atoms with E-state index in [2.05, 4.69) is 15.2 Å². The van der Waals surface area contributed by atoms with E-state index in [1.165, 1.54) is 18.9 Å². The second-order valence-corrected chi connectivity index (χ2v) is 6.01. The molecule has 0 unspecified atom stereocenters. The van der Waals surface area contributed by atoms with E-state index in [1.54, 1.807) is 36.7 Å². The van der Waals surface area contributed by atoms with Crippen molar-refractivity contribution < 1.29 is 13.9 Å². The highest BCUT2D eigenvalue weighted by atomic mass is 35.5. The summed E-state index contributed by atoms with van der Waals surface area (Å²) in [4.78, 5) is 16.2. The minimum atomic E-state index is -0.0920. The minimum Gasteiger partial charge on any atom is -0.495 e. The van der Waals surface area contributed by atoms with E-state index < -0.39 is 0 Å². The molecule has 0 aliphatic rings. The van der Waals surface area contributed by atoms with E-state index in [0.717, 1.165) is 5.56 Å². The lowest BCUT2D eigenvalue weighted by molar-refractivity contribution is 0.102. The van der Waals surface area contributed by atoms with Gasteiger partial charge in [0.2, 0.25) is 5.89 Å². The van der Waals surface area contributed by atoms with Gasteiger partial charge in [0.05, 0.1) is 23.4 Å². The summed E-state index contributed by atoms with van der Waals surface area (Å²) in [6, 6.07) is 8.51. The number of methoxy groups -OCH3 is 1. The molecule has 0 atom stereocenters. The number of Topliss-reactive ketones (excluding diaryl/α,β-unsaturated/α-hetero) is 1. The highest BCUT2D eigenvalue weighted by Gasteiger charge is 2.13. The number of hydrogen-bond donors (Lipinski definition) is 0. The number of nitrogens with zero attached hydrogens (tertiary/aromatic N) is 3. The Balaban J connectivity index is 1.65. The topological polar surface area (TPSA) is 78.1 Å². The molecule has 0 spiro atoms. The molecule has 0 bridgehead atoms. The van der Waals surface area contributed by atoms with Crippen LogP contribution in [-0.2, 0) is 0 Å². The quantitative estimate of drug-likeness (QED) is 0.488. The van der Waals surface area contributed by atoms with Gasteiger partial charge in [0, 0.05) is 18.0 Å². The Morgan fingerprint density at radius 1 is 1.33 bits per heavy atom. The normalized spacial score (nSPS) is 10.6. The Kier molecular flexibility index (Phi) is 5.12. The van der Waals surface area contributed by atoms with Gasteiger partial charge < -0.3 is 9.15 Å². The molecule has 0 aliphatic carbocycles. The fourth-order valence-corrected chi connectivity index (χ4v) is 2.84. The Morgan fingerprint density at radius 3 is 2.92 bits per heavy atom. The first kappa shape index (κ1) is 16.5. The zero-order valence-corrected chi connectivity index (χ0v) is 14.2. The zero-order chi connectivity index (χ0) is 16.9. The summed E-state index contributed by atoms with van der Waals surface area (Å²) in [6.07, 6.45) is 3.29. The number of carbonyl (C=O) groups is 1. The summed E-state index contributed by atoms with van der Waals surface area (Å²) >= 11 is 7.20. The maximum Gasteiger partial charge on any atom is 0.277 e. The van der Waals surface area contributed by atoms with Crippen molar-refractivity contribution in [2.24, 2.45) is 0 Å². The first-order valence-corrected chi connectivity index (χ1v) is 8.27. The average molecular weight is 362 g/mol. The fourth-order valence-electron chi connectivity index (χ4n) is 1.92. The van der Waals surface area contributed by atoms with Gasteiger partial charge in [0.1, 0.15) is 5.75 Å². The van der Waals surface area contributed by atoms with E-state index >= 15 is 0 Å². The molecule has 0 saturated carbocycles. The van der Waals surface area contributed by atoms with Gasteiger partial charge in [-0.2, -0.15) is 0 Å². The third kappa shape index (κ3) is 3.74. The van der Waals surface area contributed by atoms with Gasteiger partial charge in [-0.3, -0.25) is 9.78 Å². The van der Waals surface area contributed by atoms with Crippen LogP contribution in [0.4, 0.5) is 0 Å². The monoisotopic (exact) mass is 361 g/mol. The van der Waals surface area contributed by atoms with E-state index in [4.69, 9.17) is 20.8 Å². The second kappa shape index (κ2) is 7.46. The van der Waals surface area contributed by atoms with Crippen molar-refractivity contribution >= 4 is 29.1 Å². The summed E-state index contributed by atoms with van der Waals surface area (Å²) in [5, 5.41) is 8.59. The van der Waals surface area contributed by atoms with E-state index in [-0.39, 0.29) is 11.5 Å². The number of rotatable bonds is 6. The Bertz CT molecular complexity index is 855. The lowest BCUT2D eigenvalue weighted by Crippen LogP contribution is -2.02. The van der Waals surface area contributed by atoms with Crippen LogP contribution in [0.2, 0.25) is 5.02 Å². The van der Waals surface area contributed by atoms with Crippen LogP contribution in [-0.4, -0.2) is 33.8 Å². The van der Waals surface area contributed by atoms with Crippen LogP contribution in [0.25, 0.3) is 11.5 Å². The van der Waals surface area contributed by atoms with Gasteiger partial charge in [-0.15, -0.1) is 10.2 Å². The summed E-state index contributed by atoms with van der Waals surface area (Å²) in [5.74, 6) is 0.965. The van der Waals surface area contributed by atoms with Crippen molar-refractivity contribution in [3.05, 3.63) is 53.3 Å². The number of thioether (sulfide) groups is 1. The highest BCUT2D eigenvalue weighted by Crippen LogP contribution is 2.27. The number of benzene rings is 1. The molecule has 1 aromatic carbocycles. The van der Waals surface area contributed by atoms with Gasteiger partial charge in [0.25, 0.3) is 5.22 Å². The molecule has 0 aliphatic heterocycles. The smallest absolute Gasteiger partial charge is 0.277 e. The number of aromatic nitrogens is 3. The van der Waals surface area contributed by atoms with E-state index in [0.29, 0.717) is 27.4 Å². The molecule has 0 amide bonds. The molecule has 2 heterocycles. The number of ketones is 1. The van der Waals surface area contributed by atoms with Crippen LogP contribution in [0.1, 0.15) is 10.4 Å². The second-order valence-electron chi connectivity index (χ2n) is 4.68. The van der Waals surface area contributed by atoms with Crippen molar-refractivity contribution in [2.45, 2.75) is 5.22 Å². The third-order valence-corrected chi connectivity index (χ3v) is 4.23. The Morgan fingerprint density at radius 2 is 2.21 bits per heavy atom. The fraction of sp³-hybridized carbons (Fsp3) is 0.125. The van der Waals surface area contributed by atoms with Gasteiger partial charge >= 0.3 is 0 Å². The molecular formula is C16H12ClN3O3S. The van der Waals surface area contributed by atoms with Crippen LogP contribution < -0.4 is 4.74 Å². The van der Waals surface area contributed by atoms with Crippen molar-refractivity contribution in [1.82, 2.24) is 15.2 Å². The van der Waals surface area contributed by atoms with Gasteiger partial charge in [-0.1, -0.05) is 23.4 Å². The van der Waals surface area contributed by atoms with Gasteiger partial charge in [-0.25, -0.2) is 0 Å². The van der Waals surface area contributed by atoms with Crippen LogP contribution >= 0.6 is 23.4 Å². The first-order chi connectivity index (χ1) is 11.7. The molecule has 3 aromatic rings. The van der Waals surface area contributed by atoms with Crippen LogP contribution in [0.15, 0.2) is 52.4 Å². The molecule has 122 valence electrons. The molecular weight excluding hydrogens is 350 g/mol. The van der Waals surface area contributed by atoms with E-state index in [1.807, 2.05) is 6.07 Å². The van der Waals surface area contributed by atoms with Crippen molar-refractivity contribution in [1.29, 1.82) is 0 Å². The zero-order valence-electron chi connectivity index (χ0n) is 12.6. The van der Waals surface area contributed by atoms with Crippen molar-refractivity contribution in [2.75, 3.05) is 12.9 Å². The lowest BCUT2D eigenvalue weighted by atomic mass is 10.1. The van der Waals surface area contributed by atoms with Gasteiger partial charge in [-0.05, 0) is 30.3 Å². The van der Waals surface area contributed by atoms with Crippen LogP contribution in [0.3, 0.4) is 0 Å². The Hall–Kier alpha value is -2.38. The molecule has 3 rings (SSSR count). The van der Waals surface area contributed by atoms with Crippen molar-refractivity contribution in [3.8, 4) is 17.2 Å². The minimum absolute atomic E-state index is 0.0920. The standard InChI is InChI=1S/C16H12ClN3O3S/c1-22-14-5-4-10(7-12(14)17)13(21)9-24-16-20-19-15(23-16)11-3-2-6-18-8-11/h2-8H,9H2,1H3. The number of halogens is 1. The predicted octanol–water partition coefficient (Wildman–Crippen LogP) is 3.77. The first-order valence-electron chi connectivity index (χ1n) is 6.91. The molecule has 0 N–H and O–H groups in total. The SMILES string of the molecule is COc1ccc(C(=O)CSc2nnc(-c3cccnc3)o2)cc1Cl. The summed E-state index contributed by atoms with van der Waals surface area (Å²) in [5.41, 5.74) is 1.23. The average Bonchev–Trinajstić information content (AvgIpc) is 3.09. The molecule has 0 radical (unpaired) electrons. The third-order valence-electron chi connectivity index (χ3n) is 3.12. The maximum absolute atomic E-state index is 12.2. The summed E-state index contributed by atoms with van der Waals surface area (Å²) < 4.78 is 10.6. The number of hydrogen-bond acceptors (Lipinski definition) is 7. The Labute approximate surface area is 147 Å². The highest BCUT2D eigenvalue weighted by molar-refractivity contribution is 7.99. The summed E-state index contributed by atoms with van der Waals surface area (Å²) in [6.45, 7) is 0. The molecule has 2 aromatic heterocycles. The van der Waals surface area contributed by atoms with Crippen LogP contribution in [0.5, 0.6) is 5.75 Å². The predicted molar refractivity (Wildman–Crippen MR) is 90.6 cm³/mol. The molecule has 8 heteroatoms. The van der Waals surface area contributed by atoms with Gasteiger partial charge in [0.15, 0.2) is 5.78 Å². The maximum atomic E-state index is 12.2. The molecule has 0 saturated heterocycles.